The molecule has 6 heteroatoms. The Labute approximate surface area is 124 Å². The third kappa shape index (κ3) is 3.05. The minimum Gasteiger partial charge on any atom is -0.480 e. The van der Waals surface area contributed by atoms with Gasteiger partial charge in [0.1, 0.15) is 6.04 Å². The zero-order valence-corrected chi connectivity index (χ0v) is 13.1. The van der Waals surface area contributed by atoms with Crippen molar-refractivity contribution in [3.63, 3.8) is 0 Å². The van der Waals surface area contributed by atoms with Crippen LogP contribution in [0.2, 0.25) is 0 Å². The number of carboxylic acids is 1. The molecule has 2 rings (SSSR count). The number of carbonyl (C=O) groups excluding carboxylic acids is 1. The van der Waals surface area contributed by atoms with Gasteiger partial charge in [-0.3, -0.25) is 4.90 Å². The number of hydrogen-bond acceptors (Lipinski definition) is 3. The normalized spacial score (nSPS) is 27.9. The van der Waals surface area contributed by atoms with Gasteiger partial charge in [0, 0.05) is 18.8 Å². The van der Waals surface area contributed by atoms with Crippen LogP contribution in [0.3, 0.4) is 0 Å². The molecular formula is C14H24N2O3S. The van der Waals surface area contributed by atoms with Crippen molar-refractivity contribution >= 4 is 23.8 Å². The molecule has 2 amide bonds. The molecule has 114 valence electrons. The maximum absolute atomic E-state index is 12.7. The summed E-state index contributed by atoms with van der Waals surface area (Å²) in [5.74, 6) is 0.333. The molecule has 2 fully saturated rings. The zero-order chi connectivity index (χ0) is 14.7. The van der Waals surface area contributed by atoms with Crippen molar-refractivity contribution in [2.75, 3.05) is 18.8 Å². The Kier molecular flexibility index (Phi) is 5.18. The average Bonchev–Trinajstić information content (AvgIpc) is 2.90. The van der Waals surface area contributed by atoms with Crippen LogP contribution in [0, 0.1) is 5.92 Å². The number of carbonyl (C=O) groups is 2. The lowest BCUT2D eigenvalue weighted by Crippen LogP contribution is -2.53. The summed E-state index contributed by atoms with van der Waals surface area (Å²) in [6.07, 6.45) is 4.04. The topological polar surface area (TPSA) is 60.9 Å². The molecule has 0 radical (unpaired) electrons. The first kappa shape index (κ1) is 15.5. The second-order valence-electron chi connectivity index (χ2n) is 5.58. The summed E-state index contributed by atoms with van der Waals surface area (Å²) >= 11 is 1.58. The highest BCUT2D eigenvalue weighted by atomic mass is 32.2. The molecule has 0 aromatic rings. The number of piperidine rings is 1. The number of urea groups is 1. The highest BCUT2D eigenvalue weighted by Crippen LogP contribution is 2.33. The van der Waals surface area contributed by atoms with Crippen molar-refractivity contribution in [1.29, 1.82) is 0 Å². The van der Waals surface area contributed by atoms with E-state index in [9.17, 15) is 14.7 Å². The number of nitrogens with zero attached hydrogens (tertiary/aromatic N) is 2. The van der Waals surface area contributed by atoms with Gasteiger partial charge in [-0.2, -0.15) is 0 Å². The first-order valence-corrected chi connectivity index (χ1v) is 8.55. The van der Waals surface area contributed by atoms with E-state index in [1.165, 1.54) is 0 Å². The molecule has 0 aromatic heterocycles. The van der Waals surface area contributed by atoms with Crippen LogP contribution < -0.4 is 0 Å². The van der Waals surface area contributed by atoms with Crippen molar-refractivity contribution in [1.82, 2.24) is 9.80 Å². The first-order valence-electron chi connectivity index (χ1n) is 7.50. The molecule has 2 aliphatic rings. The fourth-order valence-electron chi connectivity index (χ4n) is 3.02. The SMILES string of the molecule is CCC1CCN(C(=O)N2C(CC)SCC2C(=O)O)CC1. The molecule has 2 atom stereocenters. The van der Waals surface area contributed by atoms with Crippen LogP contribution in [-0.2, 0) is 4.79 Å². The number of carboxylic acid groups (broad SMARTS) is 1. The maximum atomic E-state index is 12.7. The smallest absolute Gasteiger partial charge is 0.327 e. The molecule has 0 aromatic carbocycles. The minimum atomic E-state index is -0.884. The number of likely N-dealkylation sites (tertiary alicyclic amines) is 1. The average molecular weight is 300 g/mol. The Bertz CT molecular complexity index is 369. The second-order valence-corrected chi connectivity index (χ2v) is 6.79. The molecular weight excluding hydrogens is 276 g/mol. The quantitative estimate of drug-likeness (QED) is 0.870. The monoisotopic (exact) mass is 300 g/mol. The fraction of sp³-hybridized carbons (Fsp3) is 0.857. The number of aliphatic carboxylic acids is 1. The van der Waals surface area contributed by atoms with E-state index in [-0.39, 0.29) is 11.4 Å². The van der Waals surface area contributed by atoms with Crippen LogP contribution in [-0.4, -0.2) is 57.2 Å². The molecule has 2 saturated heterocycles. The number of hydrogen-bond donors (Lipinski definition) is 1. The van der Waals surface area contributed by atoms with Crippen LogP contribution in [0.5, 0.6) is 0 Å². The second kappa shape index (κ2) is 6.70. The van der Waals surface area contributed by atoms with Crippen molar-refractivity contribution < 1.29 is 14.7 Å². The van der Waals surface area contributed by atoms with Crippen LogP contribution in [0.25, 0.3) is 0 Å². The fourth-order valence-corrected chi connectivity index (χ4v) is 4.36. The van der Waals surface area contributed by atoms with Gasteiger partial charge in [0.25, 0.3) is 0 Å². The van der Waals surface area contributed by atoms with E-state index < -0.39 is 12.0 Å². The molecule has 0 bridgehead atoms. The van der Waals surface area contributed by atoms with Gasteiger partial charge in [-0.15, -0.1) is 11.8 Å². The van der Waals surface area contributed by atoms with E-state index in [2.05, 4.69) is 6.92 Å². The van der Waals surface area contributed by atoms with E-state index in [4.69, 9.17) is 0 Å². The van der Waals surface area contributed by atoms with Crippen LogP contribution >= 0.6 is 11.8 Å². The van der Waals surface area contributed by atoms with Crippen molar-refractivity contribution in [2.45, 2.75) is 50.9 Å². The van der Waals surface area contributed by atoms with Crippen molar-refractivity contribution in [2.24, 2.45) is 5.92 Å². The summed E-state index contributed by atoms with van der Waals surface area (Å²) in [7, 11) is 0. The van der Waals surface area contributed by atoms with E-state index in [0.717, 1.165) is 38.8 Å². The zero-order valence-electron chi connectivity index (χ0n) is 12.2. The summed E-state index contributed by atoms with van der Waals surface area (Å²) in [6.45, 7) is 5.72. The van der Waals surface area contributed by atoms with E-state index >= 15 is 0 Å². The molecule has 0 saturated carbocycles. The molecule has 5 nitrogen and oxygen atoms in total. The molecule has 1 N–H and O–H groups in total. The number of rotatable bonds is 3. The predicted molar refractivity (Wildman–Crippen MR) is 79.8 cm³/mol. The van der Waals surface area contributed by atoms with Gasteiger partial charge >= 0.3 is 12.0 Å². The molecule has 0 aliphatic carbocycles. The Morgan fingerprint density at radius 3 is 2.35 bits per heavy atom. The lowest BCUT2D eigenvalue weighted by molar-refractivity contribution is -0.141. The highest BCUT2D eigenvalue weighted by molar-refractivity contribution is 8.00. The van der Waals surface area contributed by atoms with E-state index in [1.54, 1.807) is 16.7 Å². The Morgan fingerprint density at radius 1 is 1.20 bits per heavy atom. The van der Waals surface area contributed by atoms with Crippen molar-refractivity contribution in [3.8, 4) is 0 Å². The predicted octanol–water partition coefficient (Wildman–Crippen LogP) is 2.47. The Balaban J connectivity index is 2.04. The molecule has 2 unspecified atom stereocenters. The summed E-state index contributed by atoms with van der Waals surface area (Å²) in [6, 6.07) is -0.745. The van der Waals surface area contributed by atoms with Crippen molar-refractivity contribution in [3.05, 3.63) is 0 Å². The first-order chi connectivity index (χ1) is 9.58. The third-order valence-corrected chi connectivity index (χ3v) is 5.86. The standard InChI is InChI=1S/C14H24N2O3S/c1-3-10-5-7-15(8-6-10)14(19)16-11(13(17)18)9-20-12(16)4-2/h10-12H,3-9H2,1-2H3,(H,17,18). The third-order valence-electron chi connectivity index (χ3n) is 4.41. The van der Waals surface area contributed by atoms with Crippen LogP contribution in [0.4, 0.5) is 4.79 Å². The Morgan fingerprint density at radius 2 is 1.85 bits per heavy atom. The van der Waals surface area contributed by atoms with Crippen LogP contribution in [0.15, 0.2) is 0 Å². The lowest BCUT2D eigenvalue weighted by Gasteiger charge is -2.37. The molecule has 20 heavy (non-hydrogen) atoms. The minimum absolute atomic E-state index is 0.00694. The number of amides is 2. The van der Waals surface area contributed by atoms with Gasteiger partial charge in [-0.05, 0) is 25.2 Å². The largest absolute Gasteiger partial charge is 0.480 e. The number of thioether (sulfide) groups is 1. The van der Waals surface area contributed by atoms with Gasteiger partial charge in [0.15, 0.2) is 0 Å². The van der Waals surface area contributed by atoms with Gasteiger partial charge in [-0.25, -0.2) is 9.59 Å². The lowest BCUT2D eigenvalue weighted by atomic mass is 9.94. The maximum Gasteiger partial charge on any atom is 0.327 e. The van der Waals surface area contributed by atoms with Gasteiger partial charge in [-0.1, -0.05) is 20.3 Å². The molecule has 2 heterocycles. The Hall–Kier alpha value is -0.910. The van der Waals surface area contributed by atoms with Gasteiger partial charge in [0.05, 0.1) is 5.37 Å². The summed E-state index contributed by atoms with van der Waals surface area (Å²) in [5.41, 5.74) is 0. The van der Waals surface area contributed by atoms with E-state index in [1.807, 2.05) is 11.8 Å². The van der Waals surface area contributed by atoms with Gasteiger partial charge in [0.2, 0.25) is 0 Å². The molecule has 0 spiro atoms. The van der Waals surface area contributed by atoms with Gasteiger partial charge < -0.3 is 10.0 Å². The molecule has 2 aliphatic heterocycles. The van der Waals surface area contributed by atoms with E-state index in [0.29, 0.717) is 11.7 Å². The summed E-state index contributed by atoms with van der Waals surface area (Å²) < 4.78 is 0. The highest BCUT2D eigenvalue weighted by Gasteiger charge is 2.42. The van der Waals surface area contributed by atoms with Crippen LogP contribution in [0.1, 0.15) is 39.5 Å². The summed E-state index contributed by atoms with van der Waals surface area (Å²) in [4.78, 5) is 27.4. The summed E-state index contributed by atoms with van der Waals surface area (Å²) in [5, 5.41) is 9.31.